The van der Waals surface area contributed by atoms with Gasteiger partial charge in [-0.1, -0.05) is 17.7 Å². The topological polar surface area (TPSA) is 17.1 Å². The minimum Gasteiger partial charge on any atom is -0.294 e. The van der Waals surface area contributed by atoms with E-state index in [1.54, 1.807) is 17.4 Å². The van der Waals surface area contributed by atoms with Crippen molar-refractivity contribution in [3.05, 3.63) is 57.0 Å². The van der Waals surface area contributed by atoms with Gasteiger partial charge in [-0.05, 0) is 40.9 Å². The van der Waals surface area contributed by atoms with Crippen LogP contribution in [0.2, 0.25) is 5.02 Å². The molecule has 0 saturated heterocycles. The maximum Gasteiger partial charge on any atom is 0.164 e. The van der Waals surface area contributed by atoms with E-state index in [2.05, 4.69) is 0 Å². The summed E-state index contributed by atoms with van der Waals surface area (Å²) in [6.45, 7) is 0. The van der Waals surface area contributed by atoms with Gasteiger partial charge in [-0.15, -0.1) is 0 Å². The van der Waals surface area contributed by atoms with E-state index in [1.807, 2.05) is 16.8 Å². The Kier molecular flexibility index (Phi) is 3.92. The number of hydrogen-bond donors (Lipinski definition) is 0. The Hall–Kier alpha value is -1.19. The van der Waals surface area contributed by atoms with Crippen molar-refractivity contribution in [2.24, 2.45) is 0 Å². The lowest BCUT2D eigenvalue weighted by molar-refractivity contribution is 0.0982. The summed E-state index contributed by atoms with van der Waals surface area (Å²) in [5.41, 5.74) is 1.39. The molecule has 88 valence electrons. The van der Waals surface area contributed by atoms with E-state index in [9.17, 15) is 9.18 Å². The quantitative estimate of drug-likeness (QED) is 0.753. The smallest absolute Gasteiger partial charge is 0.164 e. The largest absolute Gasteiger partial charge is 0.294 e. The first-order valence-corrected chi connectivity index (χ1v) is 6.49. The third kappa shape index (κ3) is 2.93. The van der Waals surface area contributed by atoms with Gasteiger partial charge in [-0.2, -0.15) is 11.3 Å². The van der Waals surface area contributed by atoms with Crippen molar-refractivity contribution in [1.82, 2.24) is 0 Å². The third-order valence-corrected chi connectivity index (χ3v) is 3.59. The molecule has 0 bridgehead atoms. The van der Waals surface area contributed by atoms with Crippen molar-refractivity contribution < 1.29 is 9.18 Å². The molecule has 4 heteroatoms. The van der Waals surface area contributed by atoms with E-state index in [4.69, 9.17) is 11.6 Å². The van der Waals surface area contributed by atoms with Gasteiger partial charge < -0.3 is 0 Å². The Morgan fingerprint density at radius 3 is 2.88 bits per heavy atom. The summed E-state index contributed by atoms with van der Waals surface area (Å²) in [4.78, 5) is 11.9. The fraction of sp³-hybridized carbons (Fsp3) is 0.154. The molecule has 1 aromatic heterocycles. The molecule has 2 rings (SSSR count). The van der Waals surface area contributed by atoms with Crippen LogP contribution in [0.15, 0.2) is 35.0 Å². The number of aryl methyl sites for hydroxylation is 1. The zero-order chi connectivity index (χ0) is 12.3. The predicted octanol–water partition coefficient (Wildman–Crippen LogP) is 4.36. The normalized spacial score (nSPS) is 10.5. The highest BCUT2D eigenvalue weighted by atomic mass is 35.5. The average molecular weight is 269 g/mol. The molecule has 0 spiro atoms. The number of Topliss-reactive ketones (excluding diaryl/α,β-unsaturated/α-hetero) is 1. The number of ketones is 1. The van der Waals surface area contributed by atoms with Gasteiger partial charge in [-0.25, -0.2) is 4.39 Å². The van der Waals surface area contributed by atoms with Crippen molar-refractivity contribution in [3.8, 4) is 0 Å². The second kappa shape index (κ2) is 5.43. The van der Waals surface area contributed by atoms with Crippen LogP contribution in [0.25, 0.3) is 0 Å². The van der Waals surface area contributed by atoms with Crippen LogP contribution in [0.4, 0.5) is 4.39 Å². The van der Waals surface area contributed by atoms with E-state index in [1.165, 1.54) is 12.1 Å². The van der Waals surface area contributed by atoms with Crippen LogP contribution in [0.5, 0.6) is 0 Å². The molecule has 0 aliphatic rings. The maximum absolute atomic E-state index is 13.2. The van der Waals surface area contributed by atoms with Crippen LogP contribution < -0.4 is 0 Å². The monoisotopic (exact) mass is 268 g/mol. The summed E-state index contributed by atoms with van der Waals surface area (Å²) in [6, 6.07) is 6.28. The Morgan fingerprint density at radius 2 is 2.18 bits per heavy atom. The molecule has 2 aromatic rings. The lowest BCUT2D eigenvalue weighted by Gasteiger charge is -2.03. The summed E-state index contributed by atoms with van der Waals surface area (Å²) in [6.07, 6.45) is 1.01. The van der Waals surface area contributed by atoms with Gasteiger partial charge in [0.05, 0.1) is 5.02 Å². The van der Waals surface area contributed by atoms with Crippen molar-refractivity contribution in [1.29, 1.82) is 0 Å². The van der Waals surface area contributed by atoms with E-state index >= 15 is 0 Å². The van der Waals surface area contributed by atoms with E-state index in [0.29, 0.717) is 12.8 Å². The van der Waals surface area contributed by atoms with Crippen molar-refractivity contribution >= 4 is 28.7 Å². The van der Waals surface area contributed by atoms with Gasteiger partial charge in [0.2, 0.25) is 0 Å². The summed E-state index contributed by atoms with van der Waals surface area (Å²) in [5, 5.41) is 3.89. The molecule has 0 aliphatic carbocycles. The third-order valence-electron chi connectivity index (χ3n) is 2.47. The average Bonchev–Trinajstić information content (AvgIpc) is 2.82. The van der Waals surface area contributed by atoms with Gasteiger partial charge in [0, 0.05) is 12.0 Å². The Labute approximate surface area is 108 Å². The van der Waals surface area contributed by atoms with Gasteiger partial charge in [0.15, 0.2) is 5.78 Å². The van der Waals surface area contributed by atoms with E-state index in [0.717, 1.165) is 5.56 Å². The molecule has 0 radical (unpaired) electrons. The van der Waals surface area contributed by atoms with Gasteiger partial charge in [0.1, 0.15) is 5.82 Å². The molecule has 0 saturated carbocycles. The second-order valence-electron chi connectivity index (χ2n) is 3.66. The highest BCUT2D eigenvalue weighted by molar-refractivity contribution is 7.07. The number of thiophene rings is 1. The summed E-state index contributed by atoms with van der Waals surface area (Å²) in [7, 11) is 0. The SMILES string of the molecule is O=C(CCc1ccsc1)c1cccc(F)c1Cl. The molecule has 0 N–H and O–H groups in total. The lowest BCUT2D eigenvalue weighted by atomic mass is 10.0. The molecule has 0 unspecified atom stereocenters. The minimum atomic E-state index is -0.548. The van der Waals surface area contributed by atoms with E-state index < -0.39 is 5.82 Å². The predicted molar refractivity (Wildman–Crippen MR) is 68.4 cm³/mol. The zero-order valence-corrected chi connectivity index (χ0v) is 10.5. The molecule has 17 heavy (non-hydrogen) atoms. The van der Waals surface area contributed by atoms with Gasteiger partial charge >= 0.3 is 0 Å². The van der Waals surface area contributed by atoms with Crippen molar-refractivity contribution in [2.75, 3.05) is 0 Å². The molecular weight excluding hydrogens is 259 g/mol. The van der Waals surface area contributed by atoms with Crippen molar-refractivity contribution in [2.45, 2.75) is 12.8 Å². The molecule has 0 atom stereocenters. The summed E-state index contributed by atoms with van der Waals surface area (Å²) >= 11 is 7.35. The molecular formula is C13H10ClFOS. The van der Waals surface area contributed by atoms with Gasteiger partial charge in [0.25, 0.3) is 0 Å². The van der Waals surface area contributed by atoms with Crippen LogP contribution in [0.3, 0.4) is 0 Å². The zero-order valence-electron chi connectivity index (χ0n) is 8.95. The number of benzene rings is 1. The molecule has 1 aromatic carbocycles. The Balaban J connectivity index is 2.07. The number of carbonyl (C=O) groups is 1. The first kappa shape index (κ1) is 12.3. The fourth-order valence-corrected chi connectivity index (χ4v) is 2.48. The lowest BCUT2D eigenvalue weighted by Crippen LogP contribution is -2.02. The number of hydrogen-bond acceptors (Lipinski definition) is 2. The molecule has 1 nitrogen and oxygen atoms in total. The first-order valence-electron chi connectivity index (χ1n) is 5.17. The molecule has 0 amide bonds. The summed E-state index contributed by atoms with van der Waals surface area (Å²) in [5.74, 6) is -0.672. The number of halogens is 2. The number of rotatable bonds is 4. The van der Waals surface area contributed by atoms with Crippen LogP contribution in [-0.4, -0.2) is 5.78 Å². The maximum atomic E-state index is 13.2. The van der Waals surface area contributed by atoms with Crippen LogP contribution >= 0.6 is 22.9 Å². The van der Waals surface area contributed by atoms with Crippen molar-refractivity contribution in [3.63, 3.8) is 0 Å². The molecule has 0 aliphatic heterocycles. The Morgan fingerprint density at radius 1 is 1.35 bits per heavy atom. The Bertz CT molecular complexity index is 522. The van der Waals surface area contributed by atoms with E-state index in [-0.39, 0.29) is 16.4 Å². The van der Waals surface area contributed by atoms with Gasteiger partial charge in [-0.3, -0.25) is 4.79 Å². The van der Waals surface area contributed by atoms with Crippen LogP contribution in [0.1, 0.15) is 22.3 Å². The minimum absolute atomic E-state index is 0.0807. The van der Waals surface area contributed by atoms with Crippen LogP contribution in [0, 0.1) is 5.82 Å². The first-order chi connectivity index (χ1) is 8.18. The highest BCUT2D eigenvalue weighted by Gasteiger charge is 2.13. The fourth-order valence-electron chi connectivity index (χ4n) is 1.55. The molecule has 0 fully saturated rings. The van der Waals surface area contributed by atoms with Crippen LogP contribution in [-0.2, 0) is 6.42 Å². The number of carbonyl (C=O) groups excluding carboxylic acids is 1. The standard InChI is InChI=1S/C13H10ClFOS/c14-13-10(2-1-3-11(13)15)12(16)5-4-9-6-7-17-8-9/h1-3,6-8H,4-5H2. The summed E-state index contributed by atoms with van der Waals surface area (Å²) < 4.78 is 13.2. The highest BCUT2D eigenvalue weighted by Crippen LogP contribution is 2.21. The second-order valence-corrected chi connectivity index (χ2v) is 4.81. The molecule has 1 heterocycles.